The molecule has 114 valence electrons. The monoisotopic (exact) mass is 300 g/mol. The minimum atomic E-state index is -0.719. The highest BCUT2D eigenvalue weighted by Gasteiger charge is 2.23. The molecule has 0 radical (unpaired) electrons. The fraction of sp³-hybridized carbons (Fsp3) is 0.312. The molecule has 0 spiro atoms. The lowest BCUT2D eigenvalue weighted by molar-refractivity contribution is -0.151. The molecule has 2 heterocycles. The van der Waals surface area contributed by atoms with Gasteiger partial charge in [-0.2, -0.15) is 0 Å². The van der Waals surface area contributed by atoms with E-state index < -0.39 is 12.1 Å². The maximum atomic E-state index is 11.8. The number of carbonyl (C=O) groups excluding carboxylic acids is 2. The summed E-state index contributed by atoms with van der Waals surface area (Å²) in [5, 5.41) is 2.72. The summed E-state index contributed by atoms with van der Waals surface area (Å²) in [6, 6.07) is 7.33. The standard InChI is InChI=1S/C16H16N2O4/c19-15(22-13-7-3-4-10-17-16(13)20)9-8-14-18-11-5-1-2-6-12(11)21-14/h1-2,5-6,8-9,13H,3-4,7,10H2,(H,17,20)/b9-8+. The number of nitrogens with zero attached hydrogens (tertiary/aromatic N) is 1. The van der Waals surface area contributed by atoms with Crippen LogP contribution in [0.4, 0.5) is 0 Å². The summed E-state index contributed by atoms with van der Waals surface area (Å²) in [6.07, 6.45) is 4.25. The maximum Gasteiger partial charge on any atom is 0.331 e. The Bertz CT molecular complexity index is 687. The van der Waals surface area contributed by atoms with E-state index in [0.717, 1.165) is 18.4 Å². The van der Waals surface area contributed by atoms with Crippen molar-refractivity contribution >= 4 is 29.1 Å². The number of hydrogen-bond acceptors (Lipinski definition) is 5. The Hall–Kier alpha value is -2.63. The highest BCUT2D eigenvalue weighted by molar-refractivity contribution is 5.90. The number of para-hydroxylation sites is 2. The summed E-state index contributed by atoms with van der Waals surface area (Å²) in [5.74, 6) is -0.492. The first-order chi connectivity index (χ1) is 10.7. The van der Waals surface area contributed by atoms with Crippen LogP contribution in [0.1, 0.15) is 25.2 Å². The Balaban J connectivity index is 1.64. The molecule has 22 heavy (non-hydrogen) atoms. The van der Waals surface area contributed by atoms with Crippen molar-refractivity contribution in [2.75, 3.05) is 6.54 Å². The number of carbonyl (C=O) groups is 2. The first kappa shape index (κ1) is 14.3. The van der Waals surface area contributed by atoms with Gasteiger partial charge in [0.05, 0.1) is 0 Å². The van der Waals surface area contributed by atoms with E-state index in [2.05, 4.69) is 10.3 Å². The number of aromatic nitrogens is 1. The molecule has 0 aliphatic carbocycles. The second-order valence-corrected chi connectivity index (χ2v) is 5.07. The molecule has 1 aromatic heterocycles. The topological polar surface area (TPSA) is 81.4 Å². The average molecular weight is 300 g/mol. The van der Waals surface area contributed by atoms with Crippen LogP contribution in [0, 0.1) is 0 Å². The van der Waals surface area contributed by atoms with Crippen molar-refractivity contribution in [2.45, 2.75) is 25.4 Å². The van der Waals surface area contributed by atoms with Gasteiger partial charge in [-0.1, -0.05) is 12.1 Å². The van der Waals surface area contributed by atoms with Gasteiger partial charge in [-0.25, -0.2) is 9.78 Å². The number of nitrogens with one attached hydrogen (secondary N) is 1. The lowest BCUT2D eigenvalue weighted by Crippen LogP contribution is -2.35. The molecule has 0 bridgehead atoms. The van der Waals surface area contributed by atoms with Crippen molar-refractivity contribution < 1.29 is 18.7 Å². The summed E-state index contributed by atoms with van der Waals surface area (Å²) in [5.41, 5.74) is 1.37. The Kier molecular flexibility index (Phi) is 4.18. The number of amides is 1. The van der Waals surface area contributed by atoms with Crippen LogP contribution in [0.5, 0.6) is 0 Å². The van der Waals surface area contributed by atoms with Gasteiger partial charge >= 0.3 is 5.97 Å². The average Bonchev–Trinajstić information content (AvgIpc) is 2.83. The molecule has 1 aliphatic heterocycles. The number of rotatable bonds is 3. The Labute approximate surface area is 127 Å². The molecule has 1 aromatic carbocycles. The van der Waals surface area contributed by atoms with Crippen LogP contribution < -0.4 is 5.32 Å². The quantitative estimate of drug-likeness (QED) is 0.693. The van der Waals surface area contributed by atoms with Gasteiger partial charge in [-0.15, -0.1) is 0 Å². The van der Waals surface area contributed by atoms with Crippen molar-refractivity contribution in [3.8, 4) is 0 Å². The van der Waals surface area contributed by atoms with E-state index in [4.69, 9.17) is 9.15 Å². The summed E-state index contributed by atoms with van der Waals surface area (Å²) >= 11 is 0. The molecule has 1 unspecified atom stereocenters. The lowest BCUT2D eigenvalue weighted by Gasteiger charge is -2.12. The number of hydrogen-bond donors (Lipinski definition) is 1. The highest BCUT2D eigenvalue weighted by Crippen LogP contribution is 2.16. The largest absolute Gasteiger partial charge is 0.449 e. The number of oxazole rings is 1. The lowest BCUT2D eigenvalue weighted by atomic mass is 10.2. The first-order valence-corrected chi connectivity index (χ1v) is 7.24. The van der Waals surface area contributed by atoms with Gasteiger partial charge in [-0.3, -0.25) is 4.79 Å². The SMILES string of the molecule is O=C(/C=C/c1nc2ccccc2o1)OC1CCCCNC1=O. The molecule has 1 N–H and O–H groups in total. The van der Waals surface area contributed by atoms with Crippen molar-refractivity contribution in [3.05, 3.63) is 36.2 Å². The Morgan fingerprint density at radius 1 is 1.36 bits per heavy atom. The molecule has 6 nitrogen and oxygen atoms in total. The third-order valence-electron chi connectivity index (χ3n) is 3.42. The van der Waals surface area contributed by atoms with E-state index in [1.807, 2.05) is 18.2 Å². The second-order valence-electron chi connectivity index (χ2n) is 5.07. The molecule has 1 fully saturated rings. The molecule has 1 aliphatic rings. The fourth-order valence-corrected chi connectivity index (χ4v) is 2.30. The minimum absolute atomic E-state index is 0.235. The first-order valence-electron chi connectivity index (χ1n) is 7.24. The normalized spacial score (nSPS) is 19.1. The third-order valence-corrected chi connectivity index (χ3v) is 3.42. The van der Waals surface area contributed by atoms with E-state index >= 15 is 0 Å². The number of benzene rings is 1. The van der Waals surface area contributed by atoms with E-state index in [9.17, 15) is 9.59 Å². The minimum Gasteiger partial charge on any atom is -0.449 e. The predicted octanol–water partition coefficient (Wildman–Crippen LogP) is 2.05. The van der Waals surface area contributed by atoms with Crippen LogP contribution in [0.2, 0.25) is 0 Å². The second kappa shape index (κ2) is 6.43. The molecule has 2 aromatic rings. The van der Waals surface area contributed by atoms with Gasteiger partial charge in [0.15, 0.2) is 11.7 Å². The molecule has 1 amide bonds. The zero-order valence-corrected chi connectivity index (χ0v) is 12.0. The Morgan fingerprint density at radius 2 is 2.23 bits per heavy atom. The molecule has 3 rings (SSSR count). The highest BCUT2D eigenvalue weighted by atomic mass is 16.5. The van der Waals surface area contributed by atoms with Gasteiger partial charge in [0.1, 0.15) is 5.52 Å². The van der Waals surface area contributed by atoms with Crippen molar-refractivity contribution in [3.63, 3.8) is 0 Å². The van der Waals surface area contributed by atoms with Gasteiger partial charge < -0.3 is 14.5 Å². The predicted molar refractivity (Wildman–Crippen MR) is 79.8 cm³/mol. The summed E-state index contributed by atoms with van der Waals surface area (Å²) < 4.78 is 10.6. The van der Waals surface area contributed by atoms with Crippen molar-refractivity contribution in [1.29, 1.82) is 0 Å². The van der Waals surface area contributed by atoms with Crippen molar-refractivity contribution in [1.82, 2.24) is 10.3 Å². The number of esters is 1. The van der Waals surface area contributed by atoms with Gasteiger partial charge in [0.2, 0.25) is 5.89 Å². The van der Waals surface area contributed by atoms with Crippen LogP contribution in [0.3, 0.4) is 0 Å². The third kappa shape index (κ3) is 3.33. The smallest absolute Gasteiger partial charge is 0.331 e. The Morgan fingerprint density at radius 3 is 3.09 bits per heavy atom. The van der Waals surface area contributed by atoms with E-state index in [-0.39, 0.29) is 5.91 Å². The van der Waals surface area contributed by atoms with Crippen LogP contribution >= 0.6 is 0 Å². The summed E-state index contributed by atoms with van der Waals surface area (Å²) in [6.45, 7) is 0.631. The molecular weight excluding hydrogens is 284 g/mol. The molecule has 1 atom stereocenters. The number of ether oxygens (including phenoxy) is 1. The van der Waals surface area contributed by atoms with Gasteiger partial charge in [0, 0.05) is 18.7 Å². The molecule has 0 saturated carbocycles. The number of fused-ring (bicyclic) bond motifs is 1. The van der Waals surface area contributed by atoms with Crippen LogP contribution in [-0.4, -0.2) is 29.5 Å². The zero-order valence-electron chi connectivity index (χ0n) is 12.0. The zero-order chi connectivity index (χ0) is 15.4. The molecule has 6 heteroatoms. The van der Waals surface area contributed by atoms with E-state index in [0.29, 0.717) is 24.4 Å². The molecular formula is C16H16N2O4. The van der Waals surface area contributed by atoms with Crippen LogP contribution in [0.15, 0.2) is 34.8 Å². The van der Waals surface area contributed by atoms with E-state index in [1.165, 1.54) is 12.2 Å². The maximum absolute atomic E-state index is 11.8. The fourth-order valence-electron chi connectivity index (χ4n) is 2.30. The molecule has 1 saturated heterocycles. The van der Waals surface area contributed by atoms with Crippen molar-refractivity contribution in [2.24, 2.45) is 0 Å². The van der Waals surface area contributed by atoms with Gasteiger partial charge in [0.25, 0.3) is 5.91 Å². The van der Waals surface area contributed by atoms with Gasteiger partial charge in [-0.05, 0) is 31.4 Å². The summed E-state index contributed by atoms with van der Waals surface area (Å²) in [4.78, 5) is 27.7. The van der Waals surface area contributed by atoms with Crippen LogP contribution in [-0.2, 0) is 14.3 Å². The van der Waals surface area contributed by atoms with Crippen LogP contribution in [0.25, 0.3) is 17.2 Å². The summed E-state index contributed by atoms with van der Waals surface area (Å²) in [7, 11) is 0. The van der Waals surface area contributed by atoms with E-state index in [1.54, 1.807) is 6.07 Å².